The van der Waals surface area contributed by atoms with E-state index in [0.29, 0.717) is 0 Å². The van der Waals surface area contributed by atoms with Gasteiger partial charge >= 0.3 is 11.9 Å². The molecule has 3 rings (SSSR count). The zero-order valence-electron chi connectivity index (χ0n) is 9.63. The molecule has 18 heavy (non-hydrogen) atoms. The molecule has 0 spiro atoms. The van der Waals surface area contributed by atoms with Gasteiger partial charge in [-0.3, -0.25) is 0 Å². The topological polar surface area (TPSA) is 46.6 Å². The third kappa shape index (κ3) is 1.93. The number of rotatable bonds is 1. The highest BCUT2D eigenvalue weighted by atomic mass is 16.6. The minimum Gasteiger partial charge on any atom is -0.390 e. The summed E-state index contributed by atoms with van der Waals surface area (Å²) in [6.45, 7) is 0.230. The number of carbonyl (C=O) groups excluding carboxylic acids is 2. The van der Waals surface area contributed by atoms with Crippen LogP contribution in [-0.4, -0.2) is 25.0 Å². The van der Waals surface area contributed by atoms with Crippen molar-refractivity contribution in [1.82, 2.24) is 0 Å². The van der Waals surface area contributed by atoms with Gasteiger partial charge in [0.05, 0.1) is 0 Å². The second kappa shape index (κ2) is 4.14. The van der Waals surface area contributed by atoms with E-state index < -0.39 is 11.9 Å². The molecular formula is C14H11NO3. The highest BCUT2D eigenvalue weighted by Crippen LogP contribution is 2.23. The van der Waals surface area contributed by atoms with Crippen LogP contribution >= 0.6 is 0 Å². The molecule has 1 aliphatic heterocycles. The first-order valence-electron chi connectivity index (χ1n) is 5.70. The van der Waals surface area contributed by atoms with E-state index in [9.17, 15) is 9.59 Å². The fourth-order valence-electron chi connectivity index (χ4n) is 2.12. The molecule has 0 aromatic heterocycles. The molecule has 1 heterocycles. The highest BCUT2D eigenvalue weighted by Gasteiger charge is 2.24. The largest absolute Gasteiger partial charge is 0.390 e. The molecule has 4 heteroatoms. The van der Waals surface area contributed by atoms with E-state index in [0.717, 1.165) is 16.5 Å². The van der Waals surface area contributed by atoms with Crippen molar-refractivity contribution in [3.63, 3.8) is 0 Å². The summed E-state index contributed by atoms with van der Waals surface area (Å²) in [4.78, 5) is 24.2. The van der Waals surface area contributed by atoms with Crippen LogP contribution in [0, 0.1) is 0 Å². The van der Waals surface area contributed by atoms with E-state index in [2.05, 4.69) is 4.74 Å². The third-order valence-corrected chi connectivity index (χ3v) is 2.97. The number of anilines is 1. The van der Waals surface area contributed by atoms with Crippen molar-refractivity contribution in [3.05, 3.63) is 42.5 Å². The van der Waals surface area contributed by atoms with Crippen molar-refractivity contribution in [2.75, 3.05) is 18.0 Å². The molecule has 0 saturated carbocycles. The molecule has 0 N–H and O–H groups in total. The van der Waals surface area contributed by atoms with Gasteiger partial charge in [0.25, 0.3) is 0 Å². The lowest BCUT2D eigenvalue weighted by atomic mass is 10.1. The highest BCUT2D eigenvalue weighted by molar-refractivity contribution is 5.95. The Labute approximate surface area is 104 Å². The Balaban J connectivity index is 1.98. The van der Waals surface area contributed by atoms with Gasteiger partial charge in [0, 0.05) is 5.69 Å². The quantitative estimate of drug-likeness (QED) is 0.563. The molecule has 1 saturated heterocycles. The van der Waals surface area contributed by atoms with Crippen molar-refractivity contribution < 1.29 is 14.3 Å². The summed E-state index contributed by atoms with van der Waals surface area (Å²) >= 11 is 0. The van der Waals surface area contributed by atoms with Crippen molar-refractivity contribution in [2.24, 2.45) is 0 Å². The van der Waals surface area contributed by atoms with Crippen LogP contribution < -0.4 is 4.90 Å². The van der Waals surface area contributed by atoms with Crippen molar-refractivity contribution in [3.8, 4) is 0 Å². The van der Waals surface area contributed by atoms with Gasteiger partial charge in [-0.15, -0.1) is 0 Å². The molecule has 0 radical (unpaired) electrons. The summed E-state index contributed by atoms with van der Waals surface area (Å²) in [5.41, 5.74) is 0.860. The lowest BCUT2D eigenvalue weighted by Crippen LogP contribution is -2.42. The average Bonchev–Trinajstić information content (AvgIpc) is 2.37. The number of ether oxygens (including phenoxy) is 1. The summed E-state index contributed by atoms with van der Waals surface area (Å²) in [5, 5.41) is 2.22. The van der Waals surface area contributed by atoms with E-state index in [1.54, 1.807) is 4.90 Å². The zero-order valence-corrected chi connectivity index (χ0v) is 9.63. The molecule has 0 atom stereocenters. The number of benzene rings is 2. The smallest absolute Gasteiger partial charge is 0.333 e. The minimum absolute atomic E-state index is 0.115. The van der Waals surface area contributed by atoms with Crippen LogP contribution in [0.3, 0.4) is 0 Å². The molecule has 2 aromatic carbocycles. The van der Waals surface area contributed by atoms with Gasteiger partial charge in [-0.2, -0.15) is 0 Å². The fraction of sp³-hybridized carbons (Fsp3) is 0.143. The van der Waals surface area contributed by atoms with Gasteiger partial charge in [0.2, 0.25) is 0 Å². The molecule has 4 nitrogen and oxygen atoms in total. The second-order valence-electron chi connectivity index (χ2n) is 4.23. The van der Waals surface area contributed by atoms with E-state index in [-0.39, 0.29) is 13.1 Å². The lowest BCUT2D eigenvalue weighted by Gasteiger charge is -2.26. The molecule has 0 amide bonds. The SMILES string of the molecule is O=C1CN(c2ccc3ccccc3c2)CC(=O)O1. The standard InChI is InChI=1S/C14H11NO3/c16-13-8-15(9-14(17)18-13)12-6-5-10-3-1-2-4-11(10)7-12/h1-7H,8-9H2. The molecule has 90 valence electrons. The molecule has 1 aliphatic rings. The van der Waals surface area contributed by atoms with Gasteiger partial charge in [-0.05, 0) is 22.9 Å². The molecule has 1 fully saturated rings. The van der Waals surface area contributed by atoms with Gasteiger partial charge in [0.15, 0.2) is 0 Å². The first kappa shape index (κ1) is 10.8. The molecule has 2 aromatic rings. The van der Waals surface area contributed by atoms with Gasteiger partial charge in [0.1, 0.15) is 13.1 Å². The lowest BCUT2D eigenvalue weighted by molar-refractivity contribution is -0.160. The van der Waals surface area contributed by atoms with E-state index >= 15 is 0 Å². The maximum absolute atomic E-state index is 11.2. The predicted octanol–water partition coefficient (Wildman–Crippen LogP) is 1.73. The van der Waals surface area contributed by atoms with Crippen molar-refractivity contribution >= 4 is 28.4 Å². The van der Waals surface area contributed by atoms with Gasteiger partial charge in [-0.25, -0.2) is 9.59 Å². The Morgan fingerprint density at radius 3 is 2.28 bits per heavy atom. The Hall–Kier alpha value is -2.36. The van der Waals surface area contributed by atoms with Crippen LogP contribution in [0.2, 0.25) is 0 Å². The average molecular weight is 241 g/mol. The van der Waals surface area contributed by atoms with Crippen LogP contribution in [-0.2, 0) is 14.3 Å². The maximum atomic E-state index is 11.2. The number of morpholine rings is 1. The molecule has 0 unspecified atom stereocenters. The van der Waals surface area contributed by atoms with E-state index in [1.165, 1.54) is 0 Å². The van der Waals surface area contributed by atoms with Crippen LogP contribution in [0.15, 0.2) is 42.5 Å². The Morgan fingerprint density at radius 1 is 0.889 bits per heavy atom. The number of hydrogen-bond acceptors (Lipinski definition) is 4. The zero-order chi connectivity index (χ0) is 12.5. The molecule has 0 bridgehead atoms. The van der Waals surface area contributed by atoms with E-state index in [1.807, 2.05) is 42.5 Å². The summed E-state index contributed by atoms with van der Waals surface area (Å²) in [6.07, 6.45) is 0. The van der Waals surface area contributed by atoms with Gasteiger partial charge in [-0.1, -0.05) is 30.3 Å². The van der Waals surface area contributed by atoms with Crippen LogP contribution in [0.1, 0.15) is 0 Å². The molecule has 0 aliphatic carbocycles. The molecular weight excluding hydrogens is 230 g/mol. The maximum Gasteiger partial charge on any atom is 0.333 e. The normalized spacial score (nSPS) is 15.9. The van der Waals surface area contributed by atoms with Crippen LogP contribution in [0.5, 0.6) is 0 Å². The number of hydrogen-bond donors (Lipinski definition) is 0. The Morgan fingerprint density at radius 2 is 1.56 bits per heavy atom. The predicted molar refractivity (Wildman–Crippen MR) is 67.3 cm³/mol. The van der Waals surface area contributed by atoms with Gasteiger partial charge < -0.3 is 9.64 Å². The number of carbonyl (C=O) groups is 2. The third-order valence-electron chi connectivity index (χ3n) is 2.97. The fourth-order valence-corrected chi connectivity index (χ4v) is 2.12. The summed E-state index contributed by atoms with van der Waals surface area (Å²) in [7, 11) is 0. The monoisotopic (exact) mass is 241 g/mol. The summed E-state index contributed by atoms with van der Waals surface area (Å²) in [6, 6.07) is 13.8. The summed E-state index contributed by atoms with van der Waals surface area (Å²) < 4.78 is 4.51. The van der Waals surface area contributed by atoms with Crippen molar-refractivity contribution in [1.29, 1.82) is 0 Å². The van der Waals surface area contributed by atoms with Crippen LogP contribution in [0.25, 0.3) is 10.8 Å². The second-order valence-corrected chi connectivity index (χ2v) is 4.23. The van der Waals surface area contributed by atoms with Crippen LogP contribution in [0.4, 0.5) is 5.69 Å². The summed E-state index contributed by atoms with van der Waals surface area (Å²) in [5.74, 6) is -1.00. The number of fused-ring (bicyclic) bond motifs is 1. The Kier molecular flexibility index (Phi) is 2.48. The number of nitrogens with zero attached hydrogens (tertiary/aromatic N) is 1. The van der Waals surface area contributed by atoms with E-state index in [4.69, 9.17) is 0 Å². The Bertz CT molecular complexity index is 620. The first-order chi connectivity index (χ1) is 8.72. The number of esters is 2. The number of cyclic esters (lactones) is 2. The minimum atomic E-state index is -0.501. The first-order valence-corrected chi connectivity index (χ1v) is 5.70. The van der Waals surface area contributed by atoms with Crippen molar-refractivity contribution in [2.45, 2.75) is 0 Å².